The van der Waals surface area contributed by atoms with Crippen LogP contribution in [0.5, 0.6) is 0 Å². The van der Waals surface area contributed by atoms with Gasteiger partial charge in [0.15, 0.2) is 0 Å². The summed E-state index contributed by atoms with van der Waals surface area (Å²) in [6.07, 6.45) is 3.15. The van der Waals surface area contributed by atoms with Crippen LogP contribution in [0.1, 0.15) is 37.3 Å². The van der Waals surface area contributed by atoms with Crippen molar-refractivity contribution in [2.45, 2.75) is 44.6 Å². The van der Waals surface area contributed by atoms with Crippen LogP contribution in [-0.2, 0) is 16.6 Å². The molecule has 0 amide bonds. The first-order valence-electron chi connectivity index (χ1n) is 7.73. The molecule has 1 aromatic rings. The lowest BCUT2D eigenvalue weighted by atomic mass is 9.97. The highest BCUT2D eigenvalue weighted by atomic mass is 32.2. The van der Waals surface area contributed by atoms with Crippen LogP contribution >= 0.6 is 0 Å². The molecule has 0 aromatic heterocycles. The van der Waals surface area contributed by atoms with Gasteiger partial charge in [0.1, 0.15) is 0 Å². The van der Waals surface area contributed by atoms with E-state index in [1.165, 1.54) is 0 Å². The minimum Gasteiger partial charge on any atom is -0.316 e. The van der Waals surface area contributed by atoms with Crippen molar-refractivity contribution < 1.29 is 8.42 Å². The molecule has 1 aliphatic rings. The van der Waals surface area contributed by atoms with Crippen molar-refractivity contribution in [3.63, 3.8) is 0 Å². The average molecular weight is 310 g/mol. The SMILES string of the molecule is CCC1CCCN(S(=O)(=O)c2cc(CNC)ccc2C)C1. The summed E-state index contributed by atoms with van der Waals surface area (Å²) in [4.78, 5) is 0.465. The Balaban J connectivity index is 2.32. The van der Waals surface area contributed by atoms with Crippen molar-refractivity contribution in [3.05, 3.63) is 29.3 Å². The molecule has 0 spiro atoms. The van der Waals surface area contributed by atoms with Gasteiger partial charge in [0.05, 0.1) is 4.90 Å². The lowest BCUT2D eigenvalue weighted by Crippen LogP contribution is -2.40. The second kappa shape index (κ2) is 6.90. The largest absolute Gasteiger partial charge is 0.316 e. The number of benzene rings is 1. The highest BCUT2D eigenvalue weighted by molar-refractivity contribution is 7.89. The number of sulfonamides is 1. The Hall–Kier alpha value is -0.910. The number of rotatable bonds is 5. The number of hydrogen-bond acceptors (Lipinski definition) is 3. The first-order chi connectivity index (χ1) is 9.98. The normalized spacial score (nSPS) is 20.6. The number of hydrogen-bond donors (Lipinski definition) is 1. The van der Waals surface area contributed by atoms with Gasteiger partial charge >= 0.3 is 0 Å². The van der Waals surface area contributed by atoms with Crippen molar-refractivity contribution in [1.29, 1.82) is 0 Å². The average Bonchev–Trinajstić information content (AvgIpc) is 2.49. The summed E-state index contributed by atoms with van der Waals surface area (Å²) in [7, 11) is -1.51. The zero-order chi connectivity index (χ0) is 15.5. The minimum absolute atomic E-state index is 0.465. The fourth-order valence-electron chi connectivity index (χ4n) is 2.95. The van der Waals surface area contributed by atoms with E-state index in [0.29, 0.717) is 30.4 Å². The molecule has 21 heavy (non-hydrogen) atoms. The number of nitrogens with zero attached hydrogens (tertiary/aromatic N) is 1. The van der Waals surface area contributed by atoms with Gasteiger partial charge in [0.25, 0.3) is 0 Å². The molecule has 5 heteroatoms. The van der Waals surface area contributed by atoms with Crippen LogP contribution < -0.4 is 5.32 Å². The standard InChI is InChI=1S/C16H26N2O2S/c1-4-14-6-5-9-18(12-14)21(19,20)16-10-15(11-17-3)8-7-13(16)2/h7-8,10,14,17H,4-6,9,11-12H2,1-3H3. The molecule has 1 heterocycles. The number of nitrogens with one attached hydrogen (secondary N) is 1. The molecule has 1 N–H and O–H groups in total. The smallest absolute Gasteiger partial charge is 0.243 e. The number of aryl methyl sites for hydroxylation is 1. The Morgan fingerprint density at radius 2 is 2.14 bits per heavy atom. The first-order valence-corrected chi connectivity index (χ1v) is 9.17. The van der Waals surface area contributed by atoms with Gasteiger partial charge < -0.3 is 5.32 Å². The molecule has 2 rings (SSSR count). The van der Waals surface area contributed by atoms with Gasteiger partial charge in [-0.25, -0.2) is 8.42 Å². The Kier molecular flexibility index (Phi) is 5.41. The first kappa shape index (κ1) is 16.5. The lowest BCUT2D eigenvalue weighted by Gasteiger charge is -2.31. The van der Waals surface area contributed by atoms with Crippen LogP contribution in [0.4, 0.5) is 0 Å². The molecule has 118 valence electrons. The third kappa shape index (κ3) is 3.65. The zero-order valence-corrected chi connectivity index (χ0v) is 14.0. The summed E-state index contributed by atoms with van der Waals surface area (Å²) >= 11 is 0. The molecule has 0 aliphatic carbocycles. The van der Waals surface area contributed by atoms with E-state index in [9.17, 15) is 8.42 Å². The van der Waals surface area contributed by atoms with E-state index in [1.54, 1.807) is 4.31 Å². The molecule has 1 saturated heterocycles. The van der Waals surface area contributed by atoms with Crippen molar-refractivity contribution in [3.8, 4) is 0 Å². The quantitative estimate of drug-likeness (QED) is 0.909. The summed E-state index contributed by atoms with van der Waals surface area (Å²) in [5, 5.41) is 3.07. The highest BCUT2D eigenvalue weighted by Crippen LogP contribution is 2.27. The van der Waals surface area contributed by atoms with Crippen LogP contribution in [0, 0.1) is 12.8 Å². The molecule has 0 radical (unpaired) electrons. The molecule has 1 aliphatic heterocycles. The summed E-state index contributed by atoms with van der Waals surface area (Å²) in [6, 6.07) is 5.70. The van der Waals surface area contributed by atoms with Crippen molar-refractivity contribution in [1.82, 2.24) is 9.62 Å². The van der Waals surface area contributed by atoms with Gasteiger partial charge in [-0.05, 0) is 49.9 Å². The van der Waals surface area contributed by atoms with Gasteiger partial charge in [-0.1, -0.05) is 25.5 Å². The summed E-state index contributed by atoms with van der Waals surface area (Å²) in [5.41, 5.74) is 1.83. The van der Waals surface area contributed by atoms with Crippen molar-refractivity contribution >= 4 is 10.0 Å². The molecule has 1 fully saturated rings. The maximum atomic E-state index is 12.9. The van der Waals surface area contributed by atoms with Crippen molar-refractivity contribution in [2.24, 2.45) is 5.92 Å². The molecule has 0 saturated carbocycles. The molecule has 1 atom stereocenters. The van der Waals surface area contributed by atoms with Crippen LogP contribution in [0.15, 0.2) is 23.1 Å². The molecule has 0 bridgehead atoms. The van der Waals surface area contributed by atoms with E-state index in [0.717, 1.165) is 30.4 Å². The Bertz CT molecular complexity index is 584. The molecular formula is C16H26N2O2S. The summed E-state index contributed by atoms with van der Waals surface area (Å²) in [6.45, 7) is 6.00. The third-order valence-corrected chi connectivity index (χ3v) is 6.32. The maximum Gasteiger partial charge on any atom is 0.243 e. The Morgan fingerprint density at radius 3 is 2.81 bits per heavy atom. The van der Waals surface area contributed by atoms with Crippen LogP contribution in [0.25, 0.3) is 0 Å². The third-order valence-electron chi connectivity index (χ3n) is 4.31. The minimum atomic E-state index is -3.37. The molecule has 1 aromatic carbocycles. The molecular weight excluding hydrogens is 284 g/mol. The van der Waals surface area contributed by atoms with Gasteiger partial charge in [0, 0.05) is 19.6 Å². The zero-order valence-electron chi connectivity index (χ0n) is 13.2. The van der Waals surface area contributed by atoms with E-state index < -0.39 is 10.0 Å². The van der Waals surface area contributed by atoms with E-state index in [4.69, 9.17) is 0 Å². The van der Waals surface area contributed by atoms with Gasteiger partial charge in [-0.15, -0.1) is 0 Å². The summed E-state index contributed by atoms with van der Waals surface area (Å²) < 4.78 is 27.5. The van der Waals surface area contributed by atoms with Gasteiger partial charge in [-0.3, -0.25) is 0 Å². The highest BCUT2D eigenvalue weighted by Gasteiger charge is 2.30. The van der Waals surface area contributed by atoms with E-state index >= 15 is 0 Å². The fourth-order valence-corrected chi connectivity index (χ4v) is 4.78. The second-order valence-electron chi connectivity index (χ2n) is 5.91. The van der Waals surface area contributed by atoms with Crippen LogP contribution in [0.2, 0.25) is 0 Å². The number of piperidine rings is 1. The Morgan fingerprint density at radius 1 is 1.38 bits per heavy atom. The van der Waals surface area contributed by atoms with Crippen molar-refractivity contribution in [2.75, 3.05) is 20.1 Å². The predicted octanol–water partition coefficient (Wildman–Crippen LogP) is 2.53. The predicted molar refractivity (Wildman–Crippen MR) is 85.7 cm³/mol. The van der Waals surface area contributed by atoms with E-state index in [1.807, 2.05) is 32.2 Å². The van der Waals surface area contributed by atoms with Crippen LogP contribution in [-0.4, -0.2) is 32.9 Å². The topological polar surface area (TPSA) is 49.4 Å². The fraction of sp³-hybridized carbons (Fsp3) is 0.625. The lowest BCUT2D eigenvalue weighted by molar-refractivity contribution is 0.261. The Labute approximate surface area is 128 Å². The van der Waals surface area contributed by atoms with Crippen LogP contribution in [0.3, 0.4) is 0 Å². The maximum absolute atomic E-state index is 12.9. The van der Waals surface area contributed by atoms with E-state index in [2.05, 4.69) is 12.2 Å². The van der Waals surface area contributed by atoms with Gasteiger partial charge in [0.2, 0.25) is 10.0 Å². The second-order valence-corrected chi connectivity index (χ2v) is 7.82. The van der Waals surface area contributed by atoms with E-state index in [-0.39, 0.29) is 0 Å². The van der Waals surface area contributed by atoms with Gasteiger partial charge in [-0.2, -0.15) is 4.31 Å². The monoisotopic (exact) mass is 310 g/mol. The molecule has 1 unspecified atom stereocenters. The molecule has 4 nitrogen and oxygen atoms in total. The summed E-state index contributed by atoms with van der Waals surface area (Å²) in [5.74, 6) is 0.495.